The van der Waals surface area contributed by atoms with Crippen LogP contribution in [0.3, 0.4) is 0 Å². The van der Waals surface area contributed by atoms with E-state index in [9.17, 15) is 4.39 Å². The van der Waals surface area contributed by atoms with Gasteiger partial charge in [-0.05, 0) is 22.6 Å². The Labute approximate surface area is 124 Å². The fourth-order valence-corrected chi connectivity index (χ4v) is 2.03. The van der Waals surface area contributed by atoms with Crippen molar-refractivity contribution in [2.75, 3.05) is 20.3 Å². The number of methoxy groups -OCH3 is 1. The van der Waals surface area contributed by atoms with E-state index >= 15 is 0 Å². The van der Waals surface area contributed by atoms with Crippen LogP contribution in [0.15, 0.2) is 12.1 Å². The van der Waals surface area contributed by atoms with Crippen molar-refractivity contribution in [2.24, 2.45) is 0 Å². The van der Waals surface area contributed by atoms with Gasteiger partial charge in [0.1, 0.15) is 0 Å². The summed E-state index contributed by atoms with van der Waals surface area (Å²) < 4.78 is 19.8. The maximum absolute atomic E-state index is 13.4. The number of rotatable bonds is 6. The van der Waals surface area contributed by atoms with Crippen molar-refractivity contribution in [1.29, 1.82) is 0 Å². The van der Waals surface area contributed by atoms with Gasteiger partial charge in [0.25, 0.3) is 0 Å². The number of benzene rings is 1. The van der Waals surface area contributed by atoms with E-state index < -0.39 is 5.82 Å². The molecule has 0 saturated carbocycles. The zero-order chi connectivity index (χ0) is 14.5. The van der Waals surface area contributed by atoms with Crippen molar-refractivity contribution in [1.82, 2.24) is 25.5 Å². The van der Waals surface area contributed by atoms with Crippen molar-refractivity contribution in [3.8, 4) is 5.69 Å². The van der Waals surface area contributed by atoms with E-state index in [1.165, 1.54) is 16.8 Å². The van der Waals surface area contributed by atoms with Crippen LogP contribution in [-0.4, -0.2) is 40.5 Å². The van der Waals surface area contributed by atoms with Crippen LogP contribution in [0.1, 0.15) is 5.82 Å². The predicted molar refractivity (Wildman–Crippen MR) is 72.7 cm³/mol. The molecule has 108 valence electrons. The Kier molecular flexibility index (Phi) is 5.24. The highest BCUT2D eigenvalue weighted by Gasteiger charge is 2.13. The van der Waals surface area contributed by atoms with E-state index in [0.717, 1.165) is 0 Å². The molecule has 1 aromatic carbocycles. The molecule has 0 unspecified atom stereocenters. The van der Waals surface area contributed by atoms with Gasteiger partial charge in [-0.15, -0.1) is 5.10 Å². The Hall–Kier alpha value is -1.28. The molecule has 0 atom stereocenters. The average molecular weight is 320 g/mol. The van der Waals surface area contributed by atoms with Crippen LogP contribution in [0.25, 0.3) is 5.69 Å². The number of hydrogen-bond donors (Lipinski definition) is 1. The topological polar surface area (TPSA) is 64.9 Å². The Morgan fingerprint density at radius 3 is 2.70 bits per heavy atom. The van der Waals surface area contributed by atoms with Crippen LogP contribution in [0, 0.1) is 5.82 Å². The number of ether oxygens (including phenoxy) is 1. The highest BCUT2D eigenvalue weighted by Crippen LogP contribution is 2.26. The van der Waals surface area contributed by atoms with Crippen molar-refractivity contribution >= 4 is 23.2 Å². The van der Waals surface area contributed by atoms with Crippen molar-refractivity contribution in [3.05, 3.63) is 33.8 Å². The van der Waals surface area contributed by atoms with Gasteiger partial charge in [-0.3, -0.25) is 0 Å². The van der Waals surface area contributed by atoms with E-state index in [1.54, 1.807) is 7.11 Å². The molecule has 2 aromatic rings. The smallest absolute Gasteiger partial charge is 0.170 e. The average Bonchev–Trinajstić information content (AvgIpc) is 2.89. The van der Waals surface area contributed by atoms with Crippen molar-refractivity contribution in [3.63, 3.8) is 0 Å². The van der Waals surface area contributed by atoms with Crippen LogP contribution in [0.4, 0.5) is 4.39 Å². The van der Waals surface area contributed by atoms with Crippen LogP contribution < -0.4 is 5.32 Å². The second-order valence-corrected chi connectivity index (χ2v) is 4.71. The summed E-state index contributed by atoms with van der Waals surface area (Å²) in [6, 6.07) is 2.83. The maximum Gasteiger partial charge on any atom is 0.170 e. The van der Waals surface area contributed by atoms with Crippen molar-refractivity contribution < 1.29 is 9.13 Å². The van der Waals surface area contributed by atoms with Crippen LogP contribution in [-0.2, 0) is 11.3 Å². The summed E-state index contributed by atoms with van der Waals surface area (Å²) in [7, 11) is 1.62. The second-order valence-electron chi connectivity index (χ2n) is 3.90. The SMILES string of the molecule is COCCNCc1nnnn1-c1cc(Cl)c(F)c(Cl)c1. The molecule has 1 aromatic heterocycles. The molecule has 0 fully saturated rings. The van der Waals surface area contributed by atoms with Gasteiger partial charge in [0.2, 0.25) is 0 Å². The largest absolute Gasteiger partial charge is 0.383 e. The molecule has 0 amide bonds. The minimum atomic E-state index is -0.662. The summed E-state index contributed by atoms with van der Waals surface area (Å²) >= 11 is 11.5. The quantitative estimate of drug-likeness (QED) is 0.650. The highest BCUT2D eigenvalue weighted by atomic mass is 35.5. The molecule has 0 aliphatic heterocycles. The lowest BCUT2D eigenvalue weighted by molar-refractivity contribution is 0.199. The second kappa shape index (κ2) is 6.94. The molecule has 1 N–H and O–H groups in total. The minimum Gasteiger partial charge on any atom is -0.383 e. The first-order valence-corrected chi connectivity index (χ1v) is 6.51. The molecule has 2 rings (SSSR count). The number of nitrogens with zero attached hydrogens (tertiary/aromatic N) is 4. The van der Waals surface area contributed by atoms with E-state index in [-0.39, 0.29) is 10.0 Å². The molecular weight excluding hydrogens is 308 g/mol. The Bertz CT molecular complexity index is 569. The number of aromatic nitrogens is 4. The zero-order valence-electron chi connectivity index (χ0n) is 10.6. The first-order valence-electron chi connectivity index (χ1n) is 5.75. The molecule has 0 radical (unpaired) electrons. The predicted octanol–water partition coefficient (Wildman–Crippen LogP) is 1.84. The van der Waals surface area contributed by atoms with E-state index in [1.807, 2.05) is 0 Å². The lowest BCUT2D eigenvalue weighted by Gasteiger charge is -2.07. The summed E-state index contributed by atoms with van der Waals surface area (Å²) in [5.74, 6) is -0.107. The summed E-state index contributed by atoms with van der Waals surface area (Å²) in [4.78, 5) is 0. The summed E-state index contributed by atoms with van der Waals surface area (Å²) in [6.07, 6.45) is 0. The third-order valence-corrected chi connectivity index (χ3v) is 3.06. The molecule has 0 aliphatic rings. The summed E-state index contributed by atoms with van der Waals surface area (Å²) in [6.45, 7) is 1.67. The van der Waals surface area contributed by atoms with E-state index in [2.05, 4.69) is 20.8 Å². The van der Waals surface area contributed by atoms with E-state index in [0.29, 0.717) is 31.2 Å². The van der Waals surface area contributed by atoms with Crippen LogP contribution in [0.5, 0.6) is 0 Å². The Balaban J connectivity index is 2.19. The Morgan fingerprint density at radius 2 is 2.05 bits per heavy atom. The minimum absolute atomic E-state index is 0.0821. The lowest BCUT2D eigenvalue weighted by Crippen LogP contribution is -2.21. The molecule has 1 heterocycles. The molecular formula is C11H12Cl2FN5O. The van der Waals surface area contributed by atoms with Gasteiger partial charge in [0, 0.05) is 13.7 Å². The molecule has 20 heavy (non-hydrogen) atoms. The molecule has 6 nitrogen and oxygen atoms in total. The summed E-state index contributed by atoms with van der Waals surface area (Å²) in [5, 5.41) is 14.3. The highest BCUT2D eigenvalue weighted by molar-refractivity contribution is 6.35. The fraction of sp³-hybridized carbons (Fsp3) is 0.364. The standard InChI is InChI=1S/C11H12Cl2FN5O/c1-20-3-2-15-6-10-16-17-18-19(10)7-4-8(12)11(14)9(13)5-7/h4-5,15H,2-3,6H2,1H3. The third-order valence-electron chi connectivity index (χ3n) is 2.51. The molecule has 0 bridgehead atoms. The monoisotopic (exact) mass is 319 g/mol. The zero-order valence-corrected chi connectivity index (χ0v) is 12.1. The first-order chi connectivity index (χ1) is 9.63. The fourth-order valence-electron chi connectivity index (χ4n) is 1.56. The van der Waals surface area contributed by atoms with Gasteiger partial charge < -0.3 is 10.1 Å². The lowest BCUT2D eigenvalue weighted by atomic mass is 10.3. The van der Waals surface area contributed by atoms with Crippen LogP contribution >= 0.6 is 23.2 Å². The van der Waals surface area contributed by atoms with Gasteiger partial charge in [-0.2, -0.15) is 4.68 Å². The summed E-state index contributed by atoms with van der Waals surface area (Å²) in [5.41, 5.74) is 0.495. The maximum atomic E-state index is 13.4. The first kappa shape index (κ1) is 15.1. The van der Waals surface area contributed by atoms with Gasteiger partial charge >= 0.3 is 0 Å². The van der Waals surface area contributed by atoms with Gasteiger partial charge in [-0.25, -0.2) is 4.39 Å². The number of tetrazole rings is 1. The number of hydrogen-bond acceptors (Lipinski definition) is 5. The molecule has 0 aliphatic carbocycles. The van der Waals surface area contributed by atoms with Gasteiger partial charge in [-0.1, -0.05) is 23.2 Å². The van der Waals surface area contributed by atoms with Gasteiger partial charge in [0.05, 0.1) is 28.9 Å². The molecule has 9 heteroatoms. The van der Waals surface area contributed by atoms with Crippen LogP contribution in [0.2, 0.25) is 10.0 Å². The molecule has 0 saturated heterocycles. The van der Waals surface area contributed by atoms with Gasteiger partial charge in [0.15, 0.2) is 11.6 Å². The molecule has 0 spiro atoms. The van der Waals surface area contributed by atoms with E-state index in [4.69, 9.17) is 27.9 Å². The van der Waals surface area contributed by atoms with Crippen molar-refractivity contribution in [2.45, 2.75) is 6.54 Å². The Morgan fingerprint density at radius 1 is 1.35 bits per heavy atom. The normalized spacial score (nSPS) is 11.0. The third kappa shape index (κ3) is 3.43. The number of nitrogens with one attached hydrogen (secondary N) is 1. The number of halogens is 3.